The highest BCUT2D eigenvalue weighted by Gasteiger charge is 2.31. The topological polar surface area (TPSA) is 38.7 Å². The Kier molecular flexibility index (Phi) is 8.50. The quantitative estimate of drug-likeness (QED) is 0.161. The van der Waals surface area contributed by atoms with E-state index >= 15 is 0 Å². The van der Waals surface area contributed by atoms with E-state index in [0.717, 1.165) is 44.8 Å². The Bertz CT molecular complexity index is 3380. The van der Waals surface area contributed by atoms with Crippen molar-refractivity contribution in [3.05, 3.63) is 225 Å². The monoisotopic (exact) mass is 787 g/mol. The predicted molar refractivity (Wildman–Crippen MR) is 257 cm³/mol. The minimum absolute atomic E-state index is 0.679. The molecule has 0 amide bonds. The van der Waals surface area contributed by atoms with Gasteiger partial charge in [0.15, 0.2) is 5.82 Å². The Balaban J connectivity index is 1.02. The lowest BCUT2D eigenvalue weighted by molar-refractivity contribution is 1.18. The van der Waals surface area contributed by atoms with E-state index in [0.29, 0.717) is 5.82 Å². The molecule has 0 atom stereocenters. The first kappa shape index (κ1) is 35.7. The van der Waals surface area contributed by atoms with Gasteiger partial charge in [-0.15, -0.1) is 0 Å². The Morgan fingerprint density at radius 3 is 1.42 bits per heavy atom. The lowest BCUT2D eigenvalue weighted by Gasteiger charge is -2.20. The van der Waals surface area contributed by atoms with Gasteiger partial charge >= 0.3 is 0 Å². The normalized spacial score (nSPS) is 11.5. The molecule has 288 valence electrons. The first-order chi connectivity index (χ1) is 30.8. The second-order valence-corrected chi connectivity index (χ2v) is 15.9. The highest BCUT2D eigenvalue weighted by molar-refractivity contribution is 6.28. The van der Waals surface area contributed by atoms with Crippen LogP contribution in [0.1, 0.15) is 0 Å². The number of aromatic nitrogens is 3. The van der Waals surface area contributed by atoms with Crippen molar-refractivity contribution in [3.8, 4) is 101 Å². The average molecular weight is 788 g/mol. The zero-order valence-corrected chi connectivity index (χ0v) is 33.7. The summed E-state index contributed by atoms with van der Waals surface area (Å²) in [6, 6.07) is 76.0. The van der Waals surface area contributed by atoms with E-state index in [2.05, 4.69) is 205 Å². The van der Waals surface area contributed by atoms with Gasteiger partial charge in [0.05, 0.1) is 11.4 Å². The largest absolute Gasteiger partial charge is 0.264 e. The molecule has 0 spiro atoms. The minimum Gasteiger partial charge on any atom is -0.264 e. The SMILES string of the molecule is c1ccc(-c2cc(-c3ccccc3-c3cccnc3)nc(-c3ccc(-c4ccc5c6c(cccc46)-c4c-5c(-c5ccccc5)c5ccccc5c4-c4ccccc4)cc3)n2)cc1. The molecule has 0 bridgehead atoms. The van der Waals surface area contributed by atoms with Crippen LogP contribution in [0.4, 0.5) is 0 Å². The highest BCUT2D eigenvalue weighted by Crippen LogP contribution is 2.58. The Morgan fingerprint density at radius 1 is 0.274 bits per heavy atom. The van der Waals surface area contributed by atoms with Crippen molar-refractivity contribution in [1.29, 1.82) is 0 Å². The molecule has 11 aromatic rings. The molecule has 2 heterocycles. The van der Waals surface area contributed by atoms with Crippen LogP contribution >= 0.6 is 0 Å². The molecule has 2 aromatic heterocycles. The molecule has 0 radical (unpaired) electrons. The van der Waals surface area contributed by atoms with Crippen LogP contribution in [-0.2, 0) is 0 Å². The third-order valence-corrected chi connectivity index (χ3v) is 12.3. The summed E-state index contributed by atoms with van der Waals surface area (Å²) in [6.07, 6.45) is 3.71. The van der Waals surface area contributed by atoms with Crippen LogP contribution < -0.4 is 0 Å². The molecule has 9 aromatic carbocycles. The molecule has 1 aliphatic rings. The van der Waals surface area contributed by atoms with E-state index in [9.17, 15) is 0 Å². The molecule has 12 rings (SSSR count). The number of rotatable bonds is 7. The van der Waals surface area contributed by atoms with Crippen LogP contribution in [0.5, 0.6) is 0 Å². The summed E-state index contributed by atoms with van der Waals surface area (Å²) in [7, 11) is 0. The number of nitrogens with zero attached hydrogens (tertiary/aromatic N) is 3. The van der Waals surface area contributed by atoms with Crippen LogP contribution in [0.15, 0.2) is 225 Å². The van der Waals surface area contributed by atoms with Crippen LogP contribution in [0.2, 0.25) is 0 Å². The first-order valence-electron chi connectivity index (χ1n) is 21.1. The Labute approximate surface area is 360 Å². The molecule has 3 nitrogen and oxygen atoms in total. The molecule has 0 saturated heterocycles. The fourth-order valence-corrected chi connectivity index (χ4v) is 9.61. The minimum atomic E-state index is 0.679. The molecular weight excluding hydrogens is 751 g/mol. The van der Waals surface area contributed by atoms with E-state index < -0.39 is 0 Å². The molecule has 62 heavy (non-hydrogen) atoms. The van der Waals surface area contributed by atoms with Crippen molar-refractivity contribution in [2.45, 2.75) is 0 Å². The summed E-state index contributed by atoms with van der Waals surface area (Å²) in [5.41, 5.74) is 19.4. The molecule has 0 fully saturated rings. The van der Waals surface area contributed by atoms with Crippen molar-refractivity contribution in [1.82, 2.24) is 15.0 Å². The lowest BCUT2D eigenvalue weighted by atomic mass is 9.82. The third-order valence-electron chi connectivity index (χ3n) is 12.3. The van der Waals surface area contributed by atoms with Crippen molar-refractivity contribution in [2.75, 3.05) is 0 Å². The first-order valence-corrected chi connectivity index (χ1v) is 21.1. The fourth-order valence-electron chi connectivity index (χ4n) is 9.61. The van der Waals surface area contributed by atoms with E-state index in [1.54, 1.807) is 6.20 Å². The molecule has 0 aliphatic heterocycles. The maximum Gasteiger partial charge on any atom is 0.160 e. The van der Waals surface area contributed by atoms with Gasteiger partial charge in [-0.05, 0) is 94.9 Å². The molecule has 1 aliphatic carbocycles. The van der Waals surface area contributed by atoms with Gasteiger partial charge in [0.2, 0.25) is 0 Å². The van der Waals surface area contributed by atoms with Crippen molar-refractivity contribution in [3.63, 3.8) is 0 Å². The van der Waals surface area contributed by atoms with E-state index in [1.165, 1.54) is 71.6 Å². The van der Waals surface area contributed by atoms with E-state index in [-0.39, 0.29) is 0 Å². The van der Waals surface area contributed by atoms with Crippen molar-refractivity contribution in [2.24, 2.45) is 0 Å². The van der Waals surface area contributed by atoms with Gasteiger partial charge in [0.25, 0.3) is 0 Å². The van der Waals surface area contributed by atoms with Gasteiger partial charge in [0, 0.05) is 34.6 Å². The van der Waals surface area contributed by atoms with Gasteiger partial charge < -0.3 is 0 Å². The smallest absolute Gasteiger partial charge is 0.160 e. The van der Waals surface area contributed by atoms with Crippen molar-refractivity contribution >= 4 is 21.5 Å². The number of hydrogen-bond donors (Lipinski definition) is 0. The summed E-state index contributed by atoms with van der Waals surface area (Å²) < 4.78 is 0. The van der Waals surface area contributed by atoms with Gasteiger partial charge in [0.1, 0.15) is 0 Å². The fraction of sp³-hybridized carbons (Fsp3) is 0. The zero-order valence-electron chi connectivity index (χ0n) is 33.7. The summed E-state index contributed by atoms with van der Waals surface area (Å²) in [5.74, 6) is 0.679. The van der Waals surface area contributed by atoms with Crippen LogP contribution in [-0.4, -0.2) is 15.0 Å². The Hall–Kier alpha value is -8.27. The second kappa shape index (κ2) is 14.8. The Morgan fingerprint density at radius 2 is 0.774 bits per heavy atom. The van der Waals surface area contributed by atoms with Crippen LogP contribution in [0.3, 0.4) is 0 Å². The van der Waals surface area contributed by atoms with E-state index in [1.807, 2.05) is 18.3 Å². The maximum absolute atomic E-state index is 5.25. The average Bonchev–Trinajstić information content (AvgIpc) is 3.69. The van der Waals surface area contributed by atoms with E-state index in [4.69, 9.17) is 9.97 Å². The summed E-state index contributed by atoms with van der Waals surface area (Å²) >= 11 is 0. The molecule has 0 N–H and O–H groups in total. The predicted octanol–water partition coefficient (Wildman–Crippen LogP) is 15.5. The van der Waals surface area contributed by atoms with Gasteiger partial charge in [-0.25, -0.2) is 9.97 Å². The summed E-state index contributed by atoms with van der Waals surface area (Å²) in [4.78, 5) is 14.8. The molecule has 3 heteroatoms. The third kappa shape index (κ3) is 5.86. The number of hydrogen-bond acceptors (Lipinski definition) is 3. The lowest BCUT2D eigenvalue weighted by Crippen LogP contribution is -1.97. The number of benzene rings is 9. The second-order valence-electron chi connectivity index (χ2n) is 15.9. The number of pyridine rings is 1. The zero-order chi connectivity index (χ0) is 41.0. The highest BCUT2D eigenvalue weighted by atomic mass is 14.9. The molecular formula is C59H37N3. The molecule has 0 saturated carbocycles. The van der Waals surface area contributed by atoms with Gasteiger partial charge in [-0.3, -0.25) is 4.98 Å². The summed E-state index contributed by atoms with van der Waals surface area (Å²) in [6.45, 7) is 0. The molecule has 0 unspecified atom stereocenters. The number of fused-ring (bicyclic) bond motifs is 4. The van der Waals surface area contributed by atoms with Crippen LogP contribution in [0, 0.1) is 0 Å². The maximum atomic E-state index is 5.25. The van der Waals surface area contributed by atoms with Gasteiger partial charge in [-0.2, -0.15) is 0 Å². The summed E-state index contributed by atoms with van der Waals surface area (Å²) in [5, 5.41) is 5.06. The standard InChI is InChI=1S/C59H37N3/c1-4-16-39(17-5-1)52-36-53(46-24-11-10-23-44(46)43-22-15-35-60-37-43)62-59(61-52)42-31-29-38(30-32-42)45-33-34-51-56-47(45)27-14-28-50(56)57-54(40-18-6-2-7-19-40)48-25-12-13-26-49(48)55(58(51)57)41-20-8-3-9-21-41/h1-37H. The van der Waals surface area contributed by atoms with Crippen LogP contribution in [0.25, 0.3) is 122 Å². The van der Waals surface area contributed by atoms with Gasteiger partial charge in [-0.1, -0.05) is 200 Å². The van der Waals surface area contributed by atoms with Crippen molar-refractivity contribution < 1.29 is 0 Å².